The van der Waals surface area contributed by atoms with E-state index in [1.54, 1.807) is 54.6 Å². The van der Waals surface area contributed by atoms with Gasteiger partial charge in [-0.2, -0.15) is 0 Å². The van der Waals surface area contributed by atoms with E-state index < -0.39 is 23.9 Å². The Hall–Kier alpha value is -3.15. The second-order valence-electron chi connectivity index (χ2n) is 5.36. The van der Waals surface area contributed by atoms with Crippen LogP contribution in [0.2, 0.25) is 0 Å². The van der Waals surface area contributed by atoms with Gasteiger partial charge >= 0.3 is 12.0 Å². The minimum absolute atomic E-state index is 0.345. The molecule has 3 amide bonds. The van der Waals surface area contributed by atoms with Crippen LogP contribution in [0.1, 0.15) is 27.5 Å². The van der Waals surface area contributed by atoms with Crippen molar-refractivity contribution in [3.63, 3.8) is 0 Å². The van der Waals surface area contributed by atoms with Crippen LogP contribution in [0.15, 0.2) is 54.6 Å². The number of imide groups is 1. The highest BCUT2D eigenvalue weighted by atomic mass is 16.4. The first-order valence-corrected chi connectivity index (χ1v) is 7.33. The number of benzene rings is 2. The van der Waals surface area contributed by atoms with Crippen molar-refractivity contribution in [2.45, 2.75) is 13.0 Å². The molecule has 1 unspecified atom stereocenters. The van der Waals surface area contributed by atoms with Gasteiger partial charge in [0.2, 0.25) is 0 Å². The number of rotatable bonds is 4. The SMILES string of the molecule is Cc1ccc(C(NC(=O)N(C)C(=O)c2ccccc2)C(=O)O)cc1. The van der Waals surface area contributed by atoms with Crippen molar-refractivity contribution in [1.29, 1.82) is 0 Å². The zero-order chi connectivity index (χ0) is 17.7. The van der Waals surface area contributed by atoms with E-state index in [1.807, 2.05) is 6.92 Å². The third-order valence-electron chi connectivity index (χ3n) is 3.56. The summed E-state index contributed by atoms with van der Waals surface area (Å²) in [5, 5.41) is 11.7. The van der Waals surface area contributed by atoms with Crippen LogP contribution in [-0.4, -0.2) is 35.0 Å². The highest BCUT2D eigenvalue weighted by molar-refractivity contribution is 6.04. The third kappa shape index (κ3) is 3.98. The molecule has 1 atom stereocenters. The molecule has 2 N–H and O–H groups in total. The number of hydrogen-bond acceptors (Lipinski definition) is 3. The molecule has 0 radical (unpaired) electrons. The van der Waals surface area contributed by atoms with Crippen LogP contribution in [0.3, 0.4) is 0 Å². The molecular weight excluding hydrogens is 308 g/mol. The number of urea groups is 1. The van der Waals surface area contributed by atoms with Crippen molar-refractivity contribution in [3.8, 4) is 0 Å². The smallest absolute Gasteiger partial charge is 0.330 e. The Balaban J connectivity index is 2.14. The van der Waals surface area contributed by atoms with Gasteiger partial charge in [-0.3, -0.25) is 9.69 Å². The monoisotopic (exact) mass is 326 g/mol. The lowest BCUT2D eigenvalue weighted by atomic mass is 10.1. The van der Waals surface area contributed by atoms with E-state index in [0.29, 0.717) is 11.1 Å². The first-order valence-electron chi connectivity index (χ1n) is 7.33. The van der Waals surface area contributed by atoms with Gasteiger partial charge in [0, 0.05) is 12.6 Å². The largest absolute Gasteiger partial charge is 0.479 e. The molecule has 0 aliphatic heterocycles. The number of aliphatic carboxylic acids is 1. The zero-order valence-electron chi connectivity index (χ0n) is 13.4. The number of carbonyl (C=O) groups excluding carboxylic acids is 2. The van der Waals surface area contributed by atoms with Gasteiger partial charge in [-0.1, -0.05) is 48.0 Å². The Bertz CT molecular complexity index is 741. The van der Waals surface area contributed by atoms with Crippen molar-refractivity contribution in [2.24, 2.45) is 0 Å². The Labute approximate surface area is 139 Å². The summed E-state index contributed by atoms with van der Waals surface area (Å²) >= 11 is 0. The predicted molar refractivity (Wildman–Crippen MR) is 88.6 cm³/mol. The number of carboxylic acid groups (broad SMARTS) is 1. The molecule has 0 saturated carbocycles. The number of amides is 3. The fourth-order valence-electron chi connectivity index (χ4n) is 2.13. The van der Waals surface area contributed by atoms with E-state index in [0.717, 1.165) is 10.5 Å². The predicted octanol–water partition coefficient (Wildman–Crippen LogP) is 2.60. The molecule has 0 aliphatic rings. The lowest BCUT2D eigenvalue weighted by molar-refractivity contribution is -0.139. The summed E-state index contributed by atoms with van der Waals surface area (Å²) in [6, 6.07) is 13.1. The van der Waals surface area contributed by atoms with Crippen LogP contribution in [0.25, 0.3) is 0 Å². The summed E-state index contributed by atoms with van der Waals surface area (Å²) in [6.45, 7) is 1.88. The molecule has 6 heteroatoms. The van der Waals surface area contributed by atoms with E-state index in [4.69, 9.17) is 0 Å². The van der Waals surface area contributed by atoms with Crippen LogP contribution in [-0.2, 0) is 4.79 Å². The molecular formula is C18H18N2O4. The van der Waals surface area contributed by atoms with Crippen molar-refractivity contribution in [1.82, 2.24) is 10.2 Å². The Morgan fingerprint density at radius 3 is 2.12 bits per heavy atom. The molecule has 0 saturated heterocycles. The third-order valence-corrected chi connectivity index (χ3v) is 3.56. The first kappa shape index (κ1) is 17.2. The molecule has 0 aromatic heterocycles. The number of aryl methyl sites for hydroxylation is 1. The molecule has 0 bridgehead atoms. The summed E-state index contributed by atoms with van der Waals surface area (Å²) in [7, 11) is 1.30. The molecule has 0 spiro atoms. The summed E-state index contributed by atoms with van der Waals surface area (Å²) in [5.74, 6) is -1.71. The molecule has 2 aromatic carbocycles. The fraction of sp³-hybridized carbons (Fsp3) is 0.167. The van der Waals surface area contributed by atoms with Gasteiger partial charge in [0.15, 0.2) is 6.04 Å². The van der Waals surface area contributed by atoms with Gasteiger partial charge in [0.25, 0.3) is 5.91 Å². The van der Waals surface area contributed by atoms with E-state index in [9.17, 15) is 19.5 Å². The standard InChI is InChI=1S/C18H18N2O4/c1-12-8-10-13(11-9-12)15(17(22)23)19-18(24)20(2)16(21)14-6-4-3-5-7-14/h3-11,15H,1-2H3,(H,19,24)(H,22,23). The number of hydrogen-bond donors (Lipinski definition) is 2. The maximum absolute atomic E-state index is 12.2. The van der Waals surface area contributed by atoms with Gasteiger partial charge in [0.05, 0.1) is 0 Å². The van der Waals surface area contributed by atoms with Gasteiger partial charge < -0.3 is 10.4 Å². The molecule has 124 valence electrons. The van der Waals surface area contributed by atoms with Crippen LogP contribution in [0, 0.1) is 6.92 Å². The molecule has 0 aliphatic carbocycles. The van der Waals surface area contributed by atoms with Crippen LogP contribution < -0.4 is 5.32 Å². The highest BCUT2D eigenvalue weighted by Gasteiger charge is 2.26. The number of carbonyl (C=O) groups is 3. The number of nitrogens with one attached hydrogen (secondary N) is 1. The van der Waals surface area contributed by atoms with Crippen LogP contribution >= 0.6 is 0 Å². The summed E-state index contributed by atoms with van der Waals surface area (Å²) in [4.78, 5) is 36.8. The van der Waals surface area contributed by atoms with Crippen LogP contribution in [0.5, 0.6) is 0 Å². The normalized spacial score (nSPS) is 11.4. The Morgan fingerprint density at radius 1 is 1.00 bits per heavy atom. The Kier molecular flexibility index (Phi) is 5.31. The maximum atomic E-state index is 12.2. The maximum Gasteiger partial charge on any atom is 0.330 e. The molecule has 0 fully saturated rings. The Morgan fingerprint density at radius 2 is 1.58 bits per heavy atom. The minimum Gasteiger partial charge on any atom is -0.479 e. The highest BCUT2D eigenvalue weighted by Crippen LogP contribution is 2.15. The average molecular weight is 326 g/mol. The van der Waals surface area contributed by atoms with E-state index >= 15 is 0 Å². The molecule has 2 aromatic rings. The fourth-order valence-corrected chi connectivity index (χ4v) is 2.13. The molecule has 2 rings (SSSR count). The topological polar surface area (TPSA) is 86.7 Å². The molecule has 24 heavy (non-hydrogen) atoms. The quantitative estimate of drug-likeness (QED) is 0.904. The zero-order valence-corrected chi connectivity index (χ0v) is 13.4. The number of carboxylic acids is 1. The van der Waals surface area contributed by atoms with Gasteiger partial charge in [-0.05, 0) is 24.6 Å². The lowest BCUT2D eigenvalue weighted by Crippen LogP contribution is -2.44. The molecule has 0 heterocycles. The van der Waals surface area contributed by atoms with Crippen molar-refractivity contribution in [3.05, 3.63) is 71.3 Å². The first-order chi connectivity index (χ1) is 11.4. The average Bonchev–Trinajstić information content (AvgIpc) is 2.59. The van der Waals surface area contributed by atoms with Gasteiger partial charge in [0.1, 0.15) is 0 Å². The second kappa shape index (κ2) is 7.41. The summed E-state index contributed by atoms with van der Waals surface area (Å²) < 4.78 is 0. The molecule has 6 nitrogen and oxygen atoms in total. The van der Waals surface area contributed by atoms with E-state index in [2.05, 4.69) is 5.32 Å². The summed E-state index contributed by atoms with van der Waals surface area (Å²) in [5.41, 5.74) is 1.75. The van der Waals surface area contributed by atoms with Gasteiger partial charge in [-0.15, -0.1) is 0 Å². The van der Waals surface area contributed by atoms with E-state index in [1.165, 1.54) is 7.05 Å². The van der Waals surface area contributed by atoms with Crippen LogP contribution in [0.4, 0.5) is 4.79 Å². The minimum atomic E-state index is -1.23. The lowest BCUT2D eigenvalue weighted by Gasteiger charge is -2.20. The van der Waals surface area contributed by atoms with Gasteiger partial charge in [-0.25, -0.2) is 9.59 Å². The van der Waals surface area contributed by atoms with Crippen molar-refractivity contribution < 1.29 is 19.5 Å². The number of nitrogens with zero attached hydrogens (tertiary/aromatic N) is 1. The second-order valence-corrected chi connectivity index (χ2v) is 5.36. The van der Waals surface area contributed by atoms with E-state index in [-0.39, 0.29) is 0 Å². The van der Waals surface area contributed by atoms with Crippen molar-refractivity contribution >= 4 is 17.9 Å². The van der Waals surface area contributed by atoms with Crippen molar-refractivity contribution in [2.75, 3.05) is 7.05 Å². The summed E-state index contributed by atoms with van der Waals surface area (Å²) in [6.07, 6.45) is 0.